The number of carbonyl (C=O) groups is 2. The van der Waals surface area contributed by atoms with Gasteiger partial charge in [-0.05, 0) is 29.7 Å². The van der Waals surface area contributed by atoms with Crippen LogP contribution in [0.15, 0.2) is 42.5 Å². The predicted molar refractivity (Wildman–Crippen MR) is 79.7 cm³/mol. The van der Waals surface area contributed by atoms with Crippen LogP contribution in [0.2, 0.25) is 0 Å². The molecule has 0 aliphatic rings. The van der Waals surface area contributed by atoms with Gasteiger partial charge in [0.2, 0.25) is 0 Å². The molecule has 5 heteroatoms. The van der Waals surface area contributed by atoms with Crippen molar-refractivity contribution in [3.8, 4) is 0 Å². The molecule has 0 radical (unpaired) electrons. The Balaban J connectivity index is 2.26. The zero-order valence-electron chi connectivity index (χ0n) is 11.8. The summed E-state index contributed by atoms with van der Waals surface area (Å²) >= 11 is 0. The fourth-order valence-corrected chi connectivity index (χ4v) is 1.98. The van der Waals surface area contributed by atoms with Crippen molar-refractivity contribution in [2.75, 3.05) is 5.32 Å². The average Bonchev–Trinajstić information content (AvgIpc) is 2.47. The van der Waals surface area contributed by atoms with Crippen molar-refractivity contribution in [3.63, 3.8) is 0 Å². The number of nitrogens with zero attached hydrogens (tertiary/aromatic N) is 1. The molecule has 0 bridgehead atoms. The quantitative estimate of drug-likeness (QED) is 0.903. The van der Waals surface area contributed by atoms with Gasteiger partial charge < -0.3 is 10.4 Å². The number of carboxylic acids is 1. The maximum atomic E-state index is 12.2. The number of carboxylic acid groups (broad SMARTS) is 1. The molecule has 1 amide bonds. The molecule has 2 rings (SSSR count). The first kappa shape index (κ1) is 14.7. The van der Waals surface area contributed by atoms with Gasteiger partial charge in [-0.3, -0.25) is 4.79 Å². The number of aromatic nitrogens is 1. The van der Waals surface area contributed by atoms with Crippen molar-refractivity contribution >= 4 is 17.6 Å². The maximum Gasteiger partial charge on any atom is 0.354 e. The predicted octanol–water partition coefficient (Wildman–Crippen LogP) is 3.16. The van der Waals surface area contributed by atoms with E-state index in [0.29, 0.717) is 5.69 Å². The Labute approximate surface area is 122 Å². The van der Waals surface area contributed by atoms with Crippen LogP contribution in [0, 0.1) is 0 Å². The molecule has 1 aromatic carbocycles. The number of pyridine rings is 1. The molecule has 0 saturated heterocycles. The normalized spacial score (nSPS) is 10.4. The van der Waals surface area contributed by atoms with Gasteiger partial charge in [-0.15, -0.1) is 0 Å². The SMILES string of the molecule is CC(C)c1ccccc1NC(=O)c1cccc(C(=O)O)n1. The number of hydrogen-bond donors (Lipinski definition) is 2. The van der Waals surface area contributed by atoms with Crippen molar-refractivity contribution in [2.45, 2.75) is 19.8 Å². The van der Waals surface area contributed by atoms with Crippen LogP contribution < -0.4 is 5.32 Å². The monoisotopic (exact) mass is 284 g/mol. The third-order valence-corrected chi connectivity index (χ3v) is 3.03. The first-order valence-corrected chi connectivity index (χ1v) is 6.59. The van der Waals surface area contributed by atoms with E-state index >= 15 is 0 Å². The number of benzene rings is 1. The number of amides is 1. The summed E-state index contributed by atoms with van der Waals surface area (Å²) in [6.07, 6.45) is 0. The Morgan fingerprint density at radius 3 is 2.38 bits per heavy atom. The van der Waals surface area contributed by atoms with E-state index in [-0.39, 0.29) is 17.3 Å². The lowest BCUT2D eigenvalue weighted by Crippen LogP contribution is -2.16. The lowest BCUT2D eigenvalue weighted by molar-refractivity contribution is 0.0690. The zero-order chi connectivity index (χ0) is 15.4. The molecule has 2 N–H and O–H groups in total. The topological polar surface area (TPSA) is 79.3 Å². The summed E-state index contributed by atoms with van der Waals surface area (Å²) < 4.78 is 0. The van der Waals surface area contributed by atoms with Crippen LogP contribution in [0.3, 0.4) is 0 Å². The van der Waals surface area contributed by atoms with Crippen LogP contribution in [0.25, 0.3) is 0 Å². The van der Waals surface area contributed by atoms with Gasteiger partial charge in [0.05, 0.1) is 0 Å². The van der Waals surface area contributed by atoms with Gasteiger partial charge in [0.25, 0.3) is 5.91 Å². The molecular weight excluding hydrogens is 268 g/mol. The van der Waals surface area contributed by atoms with Crippen molar-refractivity contribution in [1.29, 1.82) is 0 Å². The van der Waals surface area contributed by atoms with Gasteiger partial charge in [-0.2, -0.15) is 0 Å². The second kappa shape index (κ2) is 6.17. The standard InChI is InChI=1S/C16H16N2O3/c1-10(2)11-6-3-4-7-12(11)18-15(19)13-8-5-9-14(17-13)16(20)21/h3-10H,1-2H3,(H,18,19)(H,20,21). The van der Waals surface area contributed by atoms with Gasteiger partial charge in [-0.25, -0.2) is 9.78 Å². The zero-order valence-corrected chi connectivity index (χ0v) is 11.8. The van der Waals surface area contributed by atoms with Crippen LogP contribution in [0.5, 0.6) is 0 Å². The Bertz CT molecular complexity index is 681. The Hall–Kier alpha value is -2.69. The minimum absolute atomic E-state index is 0.0773. The number of anilines is 1. The van der Waals surface area contributed by atoms with Crippen molar-refractivity contribution in [3.05, 3.63) is 59.4 Å². The lowest BCUT2D eigenvalue weighted by atomic mass is 10.0. The molecule has 0 saturated carbocycles. The highest BCUT2D eigenvalue weighted by molar-refractivity contribution is 6.03. The van der Waals surface area contributed by atoms with Crippen LogP contribution in [0.1, 0.15) is 46.3 Å². The molecule has 0 unspecified atom stereocenters. The number of aromatic carboxylic acids is 1. The Kier molecular flexibility index (Phi) is 4.33. The first-order chi connectivity index (χ1) is 9.99. The molecule has 5 nitrogen and oxygen atoms in total. The molecule has 0 aliphatic heterocycles. The highest BCUT2D eigenvalue weighted by Crippen LogP contribution is 2.24. The van der Waals surface area contributed by atoms with E-state index in [4.69, 9.17) is 5.11 Å². The second-order valence-corrected chi connectivity index (χ2v) is 4.91. The molecular formula is C16H16N2O3. The number of para-hydroxylation sites is 1. The average molecular weight is 284 g/mol. The van der Waals surface area contributed by atoms with Crippen molar-refractivity contribution < 1.29 is 14.7 Å². The molecule has 0 aliphatic carbocycles. The lowest BCUT2D eigenvalue weighted by Gasteiger charge is -2.13. The summed E-state index contributed by atoms with van der Waals surface area (Å²) in [5.41, 5.74) is 1.65. The van der Waals surface area contributed by atoms with E-state index in [1.807, 2.05) is 38.1 Å². The van der Waals surface area contributed by atoms with E-state index in [1.54, 1.807) is 0 Å². The molecule has 0 atom stereocenters. The molecule has 1 heterocycles. The summed E-state index contributed by atoms with van der Waals surface area (Å²) in [4.78, 5) is 26.9. The summed E-state index contributed by atoms with van der Waals surface area (Å²) in [6, 6.07) is 11.8. The van der Waals surface area contributed by atoms with Crippen LogP contribution in [-0.2, 0) is 0 Å². The highest BCUT2D eigenvalue weighted by atomic mass is 16.4. The van der Waals surface area contributed by atoms with Gasteiger partial charge in [-0.1, -0.05) is 38.1 Å². The van der Waals surface area contributed by atoms with Crippen molar-refractivity contribution in [2.24, 2.45) is 0 Å². The molecule has 0 fully saturated rings. The van der Waals surface area contributed by atoms with Gasteiger partial charge in [0.15, 0.2) is 0 Å². The fourth-order valence-electron chi connectivity index (χ4n) is 1.98. The molecule has 0 spiro atoms. The van der Waals surface area contributed by atoms with Crippen LogP contribution >= 0.6 is 0 Å². The van der Waals surface area contributed by atoms with E-state index in [0.717, 1.165) is 5.56 Å². The van der Waals surface area contributed by atoms with E-state index < -0.39 is 11.9 Å². The second-order valence-electron chi connectivity index (χ2n) is 4.91. The summed E-state index contributed by atoms with van der Waals surface area (Å²) in [6.45, 7) is 4.07. The van der Waals surface area contributed by atoms with Gasteiger partial charge in [0.1, 0.15) is 11.4 Å². The van der Waals surface area contributed by atoms with E-state index in [2.05, 4.69) is 10.3 Å². The molecule has 1 aromatic heterocycles. The number of rotatable bonds is 4. The number of hydrogen-bond acceptors (Lipinski definition) is 3. The summed E-state index contributed by atoms with van der Waals surface area (Å²) in [7, 11) is 0. The first-order valence-electron chi connectivity index (χ1n) is 6.59. The molecule has 108 valence electrons. The minimum atomic E-state index is -1.16. The molecule has 21 heavy (non-hydrogen) atoms. The number of carbonyl (C=O) groups excluding carboxylic acids is 1. The van der Waals surface area contributed by atoms with Gasteiger partial charge in [0, 0.05) is 5.69 Å². The van der Waals surface area contributed by atoms with E-state index in [1.165, 1.54) is 18.2 Å². The highest BCUT2D eigenvalue weighted by Gasteiger charge is 2.13. The van der Waals surface area contributed by atoms with Crippen molar-refractivity contribution in [1.82, 2.24) is 4.98 Å². The largest absolute Gasteiger partial charge is 0.477 e. The van der Waals surface area contributed by atoms with Gasteiger partial charge >= 0.3 is 5.97 Å². The maximum absolute atomic E-state index is 12.2. The minimum Gasteiger partial charge on any atom is -0.477 e. The molecule has 2 aromatic rings. The third-order valence-electron chi connectivity index (χ3n) is 3.03. The third kappa shape index (κ3) is 3.45. The summed E-state index contributed by atoms with van der Waals surface area (Å²) in [5, 5.41) is 11.7. The summed E-state index contributed by atoms with van der Waals surface area (Å²) in [5.74, 6) is -1.32. The van der Waals surface area contributed by atoms with E-state index in [9.17, 15) is 9.59 Å². The smallest absolute Gasteiger partial charge is 0.354 e. The fraction of sp³-hybridized carbons (Fsp3) is 0.188. The van der Waals surface area contributed by atoms with Crippen LogP contribution in [-0.4, -0.2) is 22.0 Å². The Morgan fingerprint density at radius 1 is 1.05 bits per heavy atom. The Morgan fingerprint density at radius 2 is 1.71 bits per heavy atom. The van der Waals surface area contributed by atoms with Crippen LogP contribution in [0.4, 0.5) is 5.69 Å². The number of nitrogens with one attached hydrogen (secondary N) is 1.